The fraction of sp³-hybridized carbons (Fsp3) is 0.435. The SMILES string of the molecule is CCOc1ccccc1CCCNC(=O)[C@@H](CC)Oc1cc(C)ccc1C. The van der Waals surface area contributed by atoms with Gasteiger partial charge in [-0.3, -0.25) is 4.79 Å². The molecule has 0 saturated heterocycles. The maximum Gasteiger partial charge on any atom is 0.261 e. The van der Waals surface area contributed by atoms with E-state index in [0.29, 0.717) is 19.6 Å². The zero-order valence-corrected chi connectivity index (χ0v) is 16.9. The zero-order chi connectivity index (χ0) is 19.6. The van der Waals surface area contributed by atoms with Crippen molar-refractivity contribution in [3.8, 4) is 11.5 Å². The maximum absolute atomic E-state index is 12.5. The van der Waals surface area contributed by atoms with Gasteiger partial charge in [-0.2, -0.15) is 0 Å². The van der Waals surface area contributed by atoms with E-state index in [2.05, 4.69) is 11.4 Å². The van der Waals surface area contributed by atoms with Gasteiger partial charge < -0.3 is 14.8 Å². The minimum absolute atomic E-state index is 0.0588. The number of aryl methyl sites for hydroxylation is 3. The summed E-state index contributed by atoms with van der Waals surface area (Å²) in [5.74, 6) is 1.65. The second kappa shape index (κ2) is 10.6. The second-order valence-corrected chi connectivity index (χ2v) is 6.72. The molecule has 0 spiro atoms. The van der Waals surface area contributed by atoms with Crippen LogP contribution in [0.1, 0.15) is 43.4 Å². The first kappa shape index (κ1) is 20.8. The van der Waals surface area contributed by atoms with Gasteiger partial charge in [0.15, 0.2) is 6.10 Å². The molecular weight excluding hydrogens is 338 g/mol. The van der Waals surface area contributed by atoms with Gasteiger partial charge in [-0.15, -0.1) is 0 Å². The van der Waals surface area contributed by atoms with Crippen LogP contribution in [0.5, 0.6) is 11.5 Å². The highest BCUT2D eigenvalue weighted by Crippen LogP contribution is 2.21. The van der Waals surface area contributed by atoms with E-state index >= 15 is 0 Å². The molecule has 27 heavy (non-hydrogen) atoms. The standard InChI is InChI=1S/C23H31NO3/c1-5-20(27-22-16-17(3)13-14-18(22)4)23(25)24-15-9-11-19-10-7-8-12-21(19)26-6-2/h7-8,10,12-14,16,20H,5-6,9,11,15H2,1-4H3,(H,24,25)/t20-/m1/s1. The molecule has 2 aromatic rings. The van der Waals surface area contributed by atoms with Crippen molar-refractivity contribution in [2.45, 2.75) is 53.1 Å². The van der Waals surface area contributed by atoms with Gasteiger partial charge in [0.05, 0.1) is 6.61 Å². The molecule has 2 aromatic carbocycles. The number of amides is 1. The summed E-state index contributed by atoms with van der Waals surface area (Å²) in [5.41, 5.74) is 3.34. The van der Waals surface area contributed by atoms with Gasteiger partial charge in [-0.25, -0.2) is 0 Å². The van der Waals surface area contributed by atoms with E-state index < -0.39 is 6.10 Å². The molecule has 1 atom stereocenters. The van der Waals surface area contributed by atoms with Gasteiger partial charge in [0.1, 0.15) is 11.5 Å². The van der Waals surface area contributed by atoms with Crippen LogP contribution in [-0.2, 0) is 11.2 Å². The summed E-state index contributed by atoms with van der Waals surface area (Å²) >= 11 is 0. The molecular formula is C23H31NO3. The number of rotatable bonds is 10. The number of carbonyl (C=O) groups is 1. The summed E-state index contributed by atoms with van der Waals surface area (Å²) in [6.45, 7) is 9.24. The van der Waals surface area contributed by atoms with E-state index in [4.69, 9.17) is 9.47 Å². The van der Waals surface area contributed by atoms with Crippen LogP contribution in [-0.4, -0.2) is 25.2 Å². The van der Waals surface area contributed by atoms with E-state index in [1.165, 1.54) is 5.56 Å². The minimum atomic E-state index is -0.471. The van der Waals surface area contributed by atoms with Crippen LogP contribution < -0.4 is 14.8 Å². The molecule has 2 rings (SSSR count). The molecule has 146 valence electrons. The van der Waals surface area contributed by atoms with Gasteiger partial charge in [0, 0.05) is 6.54 Å². The molecule has 0 aromatic heterocycles. The molecule has 0 saturated carbocycles. The Morgan fingerprint density at radius 3 is 2.59 bits per heavy atom. The number of hydrogen-bond acceptors (Lipinski definition) is 3. The Balaban J connectivity index is 1.84. The third-order valence-corrected chi connectivity index (χ3v) is 4.47. The molecule has 1 amide bonds. The van der Waals surface area contributed by atoms with E-state index in [1.807, 2.05) is 64.1 Å². The van der Waals surface area contributed by atoms with Crippen molar-refractivity contribution in [3.05, 3.63) is 59.2 Å². The topological polar surface area (TPSA) is 47.6 Å². The Morgan fingerprint density at radius 2 is 1.85 bits per heavy atom. The van der Waals surface area contributed by atoms with Gasteiger partial charge in [0.25, 0.3) is 5.91 Å². The van der Waals surface area contributed by atoms with E-state index in [-0.39, 0.29) is 5.91 Å². The smallest absolute Gasteiger partial charge is 0.261 e. The lowest BCUT2D eigenvalue weighted by Gasteiger charge is -2.19. The van der Waals surface area contributed by atoms with Crippen molar-refractivity contribution < 1.29 is 14.3 Å². The van der Waals surface area contributed by atoms with Crippen molar-refractivity contribution in [1.29, 1.82) is 0 Å². The molecule has 0 aliphatic rings. The lowest BCUT2D eigenvalue weighted by atomic mass is 10.1. The summed E-state index contributed by atoms with van der Waals surface area (Å²) in [7, 11) is 0. The Hall–Kier alpha value is -2.49. The number of nitrogens with one attached hydrogen (secondary N) is 1. The fourth-order valence-corrected chi connectivity index (χ4v) is 2.92. The number of benzene rings is 2. The monoisotopic (exact) mass is 369 g/mol. The Kier molecular flexibility index (Phi) is 8.18. The molecule has 4 heteroatoms. The highest BCUT2D eigenvalue weighted by Gasteiger charge is 2.18. The zero-order valence-electron chi connectivity index (χ0n) is 16.9. The summed E-state index contributed by atoms with van der Waals surface area (Å²) in [6.07, 6.45) is 1.88. The van der Waals surface area contributed by atoms with E-state index in [9.17, 15) is 4.79 Å². The quantitative estimate of drug-likeness (QED) is 0.622. The fourth-order valence-electron chi connectivity index (χ4n) is 2.92. The highest BCUT2D eigenvalue weighted by molar-refractivity contribution is 5.81. The largest absolute Gasteiger partial charge is 0.494 e. The summed E-state index contributed by atoms with van der Waals surface area (Å²) in [4.78, 5) is 12.5. The number of carbonyl (C=O) groups excluding carboxylic acids is 1. The predicted octanol–water partition coefficient (Wildman–Crippen LogP) is 4.61. The first-order chi connectivity index (χ1) is 13.0. The molecule has 0 fully saturated rings. The average molecular weight is 370 g/mol. The molecule has 0 unspecified atom stereocenters. The van der Waals surface area contributed by atoms with Gasteiger partial charge in [-0.1, -0.05) is 37.3 Å². The molecule has 1 N–H and O–H groups in total. The third-order valence-electron chi connectivity index (χ3n) is 4.47. The van der Waals surface area contributed by atoms with Crippen LogP contribution in [0.15, 0.2) is 42.5 Å². The first-order valence-electron chi connectivity index (χ1n) is 9.77. The Bertz CT molecular complexity index is 742. The summed E-state index contributed by atoms with van der Waals surface area (Å²) in [5, 5.41) is 3.00. The van der Waals surface area contributed by atoms with Crippen LogP contribution >= 0.6 is 0 Å². The number of ether oxygens (including phenoxy) is 2. The van der Waals surface area contributed by atoms with Crippen molar-refractivity contribution in [2.75, 3.05) is 13.2 Å². The van der Waals surface area contributed by atoms with Crippen LogP contribution in [0.3, 0.4) is 0 Å². The number of para-hydroxylation sites is 1. The van der Waals surface area contributed by atoms with Crippen molar-refractivity contribution >= 4 is 5.91 Å². The van der Waals surface area contributed by atoms with Crippen molar-refractivity contribution in [2.24, 2.45) is 0 Å². The maximum atomic E-state index is 12.5. The molecule has 0 aliphatic carbocycles. The van der Waals surface area contributed by atoms with E-state index in [1.54, 1.807) is 0 Å². The lowest BCUT2D eigenvalue weighted by Crippen LogP contribution is -2.38. The van der Waals surface area contributed by atoms with Crippen LogP contribution in [0.4, 0.5) is 0 Å². The highest BCUT2D eigenvalue weighted by atomic mass is 16.5. The lowest BCUT2D eigenvalue weighted by molar-refractivity contribution is -0.128. The number of hydrogen-bond donors (Lipinski definition) is 1. The van der Waals surface area contributed by atoms with Crippen LogP contribution in [0, 0.1) is 13.8 Å². The molecule has 0 bridgehead atoms. The Morgan fingerprint density at radius 1 is 1.07 bits per heavy atom. The van der Waals surface area contributed by atoms with Crippen molar-refractivity contribution in [1.82, 2.24) is 5.32 Å². The first-order valence-corrected chi connectivity index (χ1v) is 9.77. The molecule has 0 heterocycles. The normalized spacial score (nSPS) is 11.7. The van der Waals surface area contributed by atoms with Crippen molar-refractivity contribution in [3.63, 3.8) is 0 Å². The van der Waals surface area contributed by atoms with E-state index in [0.717, 1.165) is 35.5 Å². The average Bonchev–Trinajstić information content (AvgIpc) is 2.67. The van der Waals surface area contributed by atoms with Gasteiger partial charge >= 0.3 is 0 Å². The minimum Gasteiger partial charge on any atom is -0.494 e. The van der Waals surface area contributed by atoms with Gasteiger partial charge in [0.2, 0.25) is 0 Å². The molecule has 0 aliphatic heterocycles. The Labute approximate surface area is 162 Å². The molecule has 0 radical (unpaired) electrons. The predicted molar refractivity (Wildman–Crippen MR) is 110 cm³/mol. The van der Waals surface area contributed by atoms with Gasteiger partial charge in [-0.05, 0) is 68.9 Å². The summed E-state index contributed by atoms with van der Waals surface area (Å²) < 4.78 is 11.6. The second-order valence-electron chi connectivity index (χ2n) is 6.72. The summed E-state index contributed by atoms with van der Waals surface area (Å²) in [6, 6.07) is 14.1. The van der Waals surface area contributed by atoms with Crippen LogP contribution in [0.2, 0.25) is 0 Å². The van der Waals surface area contributed by atoms with Crippen LogP contribution in [0.25, 0.3) is 0 Å². The third kappa shape index (κ3) is 6.31. The molecule has 4 nitrogen and oxygen atoms in total.